The molecule has 0 aliphatic heterocycles. The van der Waals surface area contributed by atoms with Gasteiger partial charge in [0.2, 0.25) is 5.91 Å². The summed E-state index contributed by atoms with van der Waals surface area (Å²) in [5.41, 5.74) is 6.29. The number of hydrogen-bond donors (Lipinski definition) is 3. The molecule has 6 heteroatoms. The summed E-state index contributed by atoms with van der Waals surface area (Å²) in [7, 11) is 1.50. The van der Waals surface area contributed by atoms with Gasteiger partial charge < -0.3 is 16.4 Å². The van der Waals surface area contributed by atoms with E-state index < -0.39 is 0 Å². The molecule has 0 rings (SSSR count). The molecule has 1 amide bonds. The first kappa shape index (κ1) is 27.2. The molecule has 0 radical (unpaired) electrons. The van der Waals surface area contributed by atoms with E-state index in [1.807, 2.05) is 57.2 Å². The average Bonchev–Trinajstić information content (AvgIpc) is 2.67. The lowest BCUT2D eigenvalue weighted by atomic mass is 10.2. The van der Waals surface area contributed by atoms with Crippen LogP contribution in [-0.4, -0.2) is 26.0 Å². The van der Waals surface area contributed by atoms with E-state index in [0.717, 1.165) is 11.3 Å². The highest BCUT2D eigenvalue weighted by Crippen LogP contribution is 2.17. The van der Waals surface area contributed by atoms with Crippen molar-refractivity contribution in [3.05, 3.63) is 82.6 Å². The van der Waals surface area contributed by atoms with Gasteiger partial charge in [-0.1, -0.05) is 54.1 Å². The molecule has 0 saturated heterocycles. The Labute approximate surface area is 173 Å². The Balaban J connectivity index is 0. The van der Waals surface area contributed by atoms with Crippen molar-refractivity contribution in [2.75, 3.05) is 20.1 Å². The lowest BCUT2D eigenvalue weighted by Gasteiger charge is -2.07. The second kappa shape index (κ2) is 18.8. The standard InChI is InChI=1S/C20H26Cl2N2O.CH5N/c1-5-8-10-18(23-13-14-24-20(25)7-3)12-11-16(4)19(22)15-17(21)9-6-2;1-2/h5-12,15,23H,3,13-14H2,1-2,4H3,(H,24,25);2H2,1H3/b8-5-,9-6+,12-11+,17-15+,18-10+,19-16+;. The molecule has 150 valence electrons. The zero-order valence-corrected chi connectivity index (χ0v) is 18.1. The fraction of sp³-hybridized carbons (Fsp3) is 0.286. The smallest absolute Gasteiger partial charge is 0.243 e. The van der Waals surface area contributed by atoms with E-state index in [-0.39, 0.29) is 5.91 Å². The van der Waals surface area contributed by atoms with E-state index in [1.54, 1.807) is 12.2 Å². The maximum absolute atomic E-state index is 11.1. The summed E-state index contributed by atoms with van der Waals surface area (Å²) in [5, 5.41) is 7.10. The quantitative estimate of drug-likeness (QED) is 0.277. The minimum Gasteiger partial charge on any atom is -0.383 e. The van der Waals surface area contributed by atoms with E-state index in [4.69, 9.17) is 23.2 Å². The fourth-order valence-corrected chi connectivity index (χ4v) is 2.05. The summed E-state index contributed by atoms with van der Waals surface area (Å²) in [6, 6.07) is 0. The first-order chi connectivity index (χ1) is 12.9. The van der Waals surface area contributed by atoms with Gasteiger partial charge >= 0.3 is 0 Å². The van der Waals surface area contributed by atoms with Crippen LogP contribution in [-0.2, 0) is 4.79 Å². The van der Waals surface area contributed by atoms with Gasteiger partial charge in [0.25, 0.3) is 0 Å². The van der Waals surface area contributed by atoms with Crippen LogP contribution in [0, 0.1) is 0 Å². The highest BCUT2D eigenvalue weighted by atomic mass is 35.5. The first-order valence-corrected chi connectivity index (χ1v) is 9.29. The Hall–Kier alpha value is -2.01. The number of allylic oxidation sites excluding steroid dienone is 11. The summed E-state index contributed by atoms with van der Waals surface area (Å²) in [6.45, 7) is 10.3. The molecule has 0 unspecified atom stereocenters. The molecule has 0 bridgehead atoms. The molecule has 0 spiro atoms. The van der Waals surface area contributed by atoms with Gasteiger partial charge in [-0.3, -0.25) is 4.79 Å². The highest BCUT2D eigenvalue weighted by molar-refractivity contribution is 6.35. The summed E-state index contributed by atoms with van der Waals surface area (Å²) in [6.07, 6.45) is 16.2. The molecular weight excluding hydrogens is 381 g/mol. The number of halogens is 2. The zero-order valence-electron chi connectivity index (χ0n) is 16.6. The minimum absolute atomic E-state index is 0.188. The number of carbonyl (C=O) groups is 1. The van der Waals surface area contributed by atoms with Crippen LogP contribution >= 0.6 is 23.2 Å². The van der Waals surface area contributed by atoms with Crippen molar-refractivity contribution in [2.24, 2.45) is 5.73 Å². The number of hydrogen-bond acceptors (Lipinski definition) is 3. The molecule has 0 aliphatic rings. The molecule has 0 fully saturated rings. The van der Waals surface area contributed by atoms with Crippen molar-refractivity contribution in [2.45, 2.75) is 20.8 Å². The first-order valence-electron chi connectivity index (χ1n) is 8.53. The van der Waals surface area contributed by atoms with E-state index in [2.05, 4.69) is 22.9 Å². The van der Waals surface area contributed by atoms with Crippen LogP contribution in [0.5, 0.6) is 0 Å². The molecule has 0 saturated carbocycles. The maximum Gasteiger partial charge on any atom is 0.243 e. The number of nitrogens with two attached hydrogens (primary N) is 1. The summed E-state index contributed by atoms with van der Waals surface area (Å²) in [4.78, 5) is 11.1. The minimum atomic E-state index is -0.188. The van der Waals surface area contributed by atoms with Crippen LogP contribution < -0.4 is 16.4 Å². The van der Waals surface area contributed by atoms with Crippen LogP contribution in [0.2, 0.25) is 0 Å². The van der Waals surface area contributed by atoms with Gasteiger partial charge in [0.15, 0.2) is 0 Å². The van der Waals surface area contributed by atoms with Crippen molar-refractivity contribution in [1.29, 1.82) is 0 Å². The molecular formula is C21H31Cl2N3O. The van der Waals surface area contributed by atoms with Crippen molar-refractivity contribution < 1.29 is 4.79 Å². The van der Waals surface area contributed by atoms with Gasteiger partial charge in [0.05, 0.1) is 0 Å². The van der Waals surface area contributed by atoms with Crippen molar-refractivity contribution >= 4 is 29.1 Å². The molecule has 0 atom stereocenters. The molecule has 4 nitrogen and oxygen atoms in total. The molecule has 0 heterocycles. The third-order valence-corrected chi connectivity index (χ3v) is 3.53. The molecule has 0 aromatic rings. The van der Waals surface area contributed by atoms with Gasteiger partial charge in [-0.25, -0.2) is 0 Å². The zero-order chi connectivity index (χ0) is 21.1. The SMILES string of the molecule is C=CC(=O)NCCNC(/C=C/C(C)=C(Cl)\C=C(Cl)/C=C/C)=C/C=C\C.CN. The normalized spacial score (nSPS) is 13.4. The van der Waals surface area contributed by atoms with E-state index >= 15 is 0 Å². The number of carbonyl (C=O) groups excluding carboxylic acids is 1. The van der Waals surface area contributed by atoms with Gasteiger partial charge in [0, 0.05) is 28.9 Å². The fourth-order valence-electron chi connectivity index (χ4n) is 1.57. The third kappa shape index (κ3) is 15.9. The molecule has 27 heavy (non-hydrogen) atoms. The predicted molar refractivity (Wildman–Crippen MR) is 121 cm³/mol. The van der Waals surface area contributed by atoms with Crippen LogP contribution in [0.3, 0.4) is 0 Å². The molecule has 4 N–H and O–H groups in total. The Bertz CT molecular complexity index is 627. The van der Waals surface area contributed by atoms with Crippen LogP contribution in [0.1, 0.15) is 20.8 Å². The third-order valence-electron chi connectivity index (χ3n) is 2.89. The second-order valence-corrected chi connectivity index (χ2v) is 5.81. The van der Waals surface area contributed by atoms with Gasteiger partial charge in [-0.15, -0.1) is 0 Å². The van der Waals surface area contributed by atoms with Gasteiger partial charge in [0.1, 0.15) is 0 Å². The molecule has 0 aromatic heterocycles. The second-order valence-electron chi connectivity index (χ2n) is 4.96. The highest BCUT2D eigenvalue weighted by Gasteiger charge is 1.97. The Morgan fingerprint density at radius 2 is 1.67 bits per heavy atom. The summed E-state index contributed by atoms with van der Waals surface area (Å²) >= 11 is 12.3. The van der Waals surface area contributed by atoms with Crippen molar-refractivity contribution in [1.82, 2.24) is 10.6 Å². The van der Waals surface area contributed by atoms with E-state index in [1.165, 1.54) is 13.1 Å². The van der Waals surface area contributed by atoms with Gasteiger partial charge in [-0.2, -0.15) is 0 Å². The van der Waals surface area contributed by atoms with Crippen LogP contribution in [0.25, 0.3) is 0 Å². The topological polar surface area (TPSA) is 67.2 Å². The molecule has 0 aromatic carbocycles. The van der Waals surface area contributed by atoms with E-state index in [9.17, 15) is 4.79 Å². The van der Waals surface area contributed by atoms with Crippen LogP contribution in [0.4, 0.5) is 0 Å². The number of rotatable bonds is 10. The average molecular weight is 412 g/mol. The summed E-state index contributed by atoms with van der Waals surface area (Å²) < 4.78 is 0. The number of amides is 1. The maximum atomic E-state index is 11.1. The Morgan fingerprint density at radius 3 is 2.22 bits per heavy atom. The summed E-state index contributed by atoms with van der Waals surface area (Å²) in [5.74, 6) is -0.188. The predicted octanol–water partition coefficient (Wildman–Crippen LogP) is 4.68. The van der Waals surface area contributed by atoms with Crippen LogP contribution in [0.15, 0.2) is 82.6 Å². The van der Waals surface area contributed by atoms with Gasteiger partial charge in [-0.05, 0) is 63.8 Å². The Kier molecular flexibility index (Phi) is 18.9. The lowest BCUT2D eigenvalue weighted by Crippen LogP contribution is -2.30. The largest absolute Gasteiger partial charge is 0.383 e. The monoisotopic (exact) mass is 411 g/mol. The number of nitrogens with one attached hydrogen (secondary N) is 2. The van der Waals surface area contributed by atoms with E-state index in [0.29, 0.717) is 23.2 Å². The molecule has 0 aliphatic carbocycles. The lowest BCUT2D eigenvalue weighted by molar-refractivity contribution is -0.116. The van der Waals surface area contributed by atoms with Crippen molar-refractivity contribution in [3.8, 4) is 0 Å². The van der Waals surface area contributed by atoms with Crippen molar-refractivity contribution in [3.63, 3.8) is 0 Å². The Morgan fingerprint density at radius 1 is 1.04 bits per heavy atom.